The number of carbonyl (C=O) groups excluding carboxylic acids is 1. The summed E-state index contributed by atoms with van der Waals surface area (Å²) in [6.07, 6.45) is 5.42. The van der Waals surface area contributed by atoms with Crippen molar-refractivity contribution < 1.29 is 13.9 Å². The van der Waals surface area contributed by atoms with Crippen LogP contribution < -0.4 is 10.1 Å². The third-order valence-electron chi connectivity index (χ3n) is 6.15. The number of hydrogen-bond acceptors (Lipinski definition) is 4. The largest absolute Gasteiger partial charge is 0.493 e. The summed E-state index contributed by atoms with van der Waals surface area (Å²) in [7, 11) is 0. The lowest BCUT2D eigenvalue weighted by Crippen LogP contribution is -2.08. The molecule has 0 fully saturated rings. The predicted molar refractivity (Wildman–Crippen MR) is 151 cm³/mol. The van der Waals surface area contributed by atoms with Crippen LogP contribution in [0.4, 0.5) is 5.69 Å². The van der Waals surface area contributed by atoms with Crippen LogP contribution in [0.2, 0.25) is 0 Å². The number of carbonyl (C=O) groups is 1. The molecular formula is C31H27NO3S. The zero-order valence-electron chi connectivity index (χ0n) is 20.5. The number of anilines is 1. The van der Waals surface area contributed by atoms with Gasteiger partial charge in [-0.1, -0.05) is 42.5 Å². The van der Waals surface area contributed by atoms with Crippen LogP contribution in [0.3, 0.4) is 0 Å². The summed E-state index contributed by atoms with van der Waals surface area (Å²) in [5, 5.41) is 6.31. The highest BCUT2D eigenvalue weighted by molar-refractivity contribution is 7.98. The number of furan rings is 1. The van der Waals surface area contributed by atoms with E-state index in [-0.39, 0.29) is 5.91 Å². The van der Waals surface area contributed by atoms with E-state index in [9.17, 15) is 4.79 Å². The molecule has 0 aliphatic heterocycles. The lowest BCUT2D eigenvalue weighted by Gasteiger charge is -2.12. The van der Waals surface area contributed by atoms with E-state index in [1.165, 1.54) is 10.8 Å². The minimum atomic E-state index is -0.185. The lowest BCUT2D eigenvalue weighted by atomic mass is 9.97. The summed E-state index contributed by atoms with van der Waals surface area (Å²) in [6.45, 7) is 4.39. The van der Waals surface area contributed by atoms with Crippen LogP contribution in [0.1, 0.15) is 19.4 Å². The molecule has 0 atom stereocenters. The summed E-state index contributed by atoms with van der Waals surface area (Å²) >= 11 is 1.64. The molecule has 0 radical (unpaired) electrons. The Morgan fingerprint density at radius 2 is 1.83 bits per heavy atom. The number of fused-ring (bicyclic) bond motifs is 2. The van der Waals surface area contributed by atoms with Gasteiger partial charge in [0.15, 0.2) is 0 Å². The molecule has 0 bridgehead atoms. The monoisotopic (exact) mass is 493 g/mol. The Balaban J connectivity index is 1.53. The molecule has 0 aliphatic carbocycles. The Morgan fingerprint density at radius 3 is 2.64 bits per heavy atom. The van der Waals surface area contributed by atoms with Crippen molar-refractivity contribution in [1.82, 2.24) is 0 Å². The molecule has 1 N–H and O–H groups in total. The molecule has 1 heterocycles. The smallest absolute Gasteiger partial charge is 0.248 e. The van der Waals surface area contributed by atoms with Gasteiger partial charge in [0.1, 0.15) is 11.3 Å². The van der Waals surface area contributed by atoms with Crippen molar-refractivity contribution >= 4 is 50.7 Å². The van der Waals surface area contributed by atoms with Gasteiger partial charge >= 0.3 is 0 Å². The van der Waals surface area contributed by atoms with E-state index in [4.69, 9.17) is 9.15 Å². The topological polar surface area (TPSA) is 51.5 Å². The number of allylic oxidation sites excluding steroid dienone is 1. The molecule has 4 nitrogen and oxygen atoms in total. The number of nitrogens with one attached hydrogen (secondary N) is 1. The number of amides is 1. The Labute approximate surface area is 215 Å². The standard InChI is InChI=1S/C31H27NO3S/c1-4-34-29-18-30-27(28(19-35-30)23-13-12-21-8-5-6-9-22(21)15-23)17-26(29)20(2)14-31(33)32-24-10-7-11-25(16-24)36-3/h5-19H,4H2,1-3H3,(H,32,33)/b20-14+. The van der Waals surface area contributed by atoms with Crippen molar-refractivity contribution in [3.63, 3.8) is 0 Å². The van der Waals surface area contributed by atoms with Crippen molar-refractivity contribution in [3.8, 4) is 16.9 Å². The lowest BCUT2D eigenvalue weighted by molar-refractivity contribution is -0.111. The molecule has 0 aliphatic rings. The van der Waals surface area contributed by atoms with Gasteiger partial charge in [-0.3, -0.25) is 4.79 Å². The van der Waals surface area contributed by atoms with Crippen LogP contribution in [0.15, 0.2) is 101 Å². The second-order valence-electron chi connectivity index (χ2n) is 8.54. The fraction of sp³-hybridized carbons (Fsp3) is 0.129. The predicted octanol–water partition coefficient (Wildman–Crippen LogP) is 8.42. The summed E-state index contributed by atoms with van der Waals surface area (Å²) < 4.78 is 11.9. The number of hydrogen-bond donors (Lipinski definition) is 1. The van der Waals surface area contributed by atoms with E-state index >= 15 is 0 Å². The Kier molecular flexibility index (Phi) is 6.83. The number of benzene rings is 4. The highest BCUT2D eigenvalue weighted by Crippen LogP contribution is 2.38. The van der Waals surface area contributed by atoms with Crippen LogP contribution in [0.5, 0.6) is 5.75 Å². The molecule has 4 aromatic carbocycles. The van der Waals surface area contributed by atoms with Crippen molar-refractivity contribution in [2.75, 3.05) is 18.2 Å². The summed E-state index contributed by atoms with van der Waals surface area (Å²) in [5.41, 5.74) is 5.27. The normalized spacial score (nSPS) is 11.7. The number of ether oxygens (including phenoxy) is 1. The minimum Gasteiger partial charge on any atom is -0.493 e. The van der Waals surface area contributed by atoms with Crippen LogP contribution in [-0.4, -0.2) is 18.8 Å². The van der Waals surface area contributed by atoms with Crippen molar-refractivity contribution in [2.24, 2.45) is 0 Å². The second-order valence-corrected chi connectivity index (χ2v) is 9.42. The highest BCUT2D eigenvalue weighted by atomic mass is 32.2. The fourth-order valence-corrected chi connectivity index (χ4v) is 4.83. The first-order valence-corrected chi connectivity index (χ1v) is 13.1. The molecule has 180 valence electrons. The first-order chi connectivity index (χ1) is 17.6. The van der Waals surface area contributed by atoms with E-state index in [0.717, 1.165) is 43.8 Å². The highest BCUT2D eigenvalue weighted by Gasteiger charge is 2.16. The first kappa shape index (κ1) is 23.8. The van der Waals surface area contributed by atoms with Gasteiger partial charge in [0.25, 0.3) is 0 Å². The molecule has 1 amide bonds. The van der Waals surface area contributed by atoms with Crippen molar-refractivity contribution in [2.45, 2.75) is 18.7 Å². The van der Waals surface area contributed by atoms with Crippen molar-refractivity contribution in [1.29, 1.82) is 0 Å². The Morgan fingerprint density at radius 1 is 1.00 bits per heavy atom. The molecule has 0 spiro atoms. The van der Waals surface area contributed by atoms with Crippen LogP contribution >= 0.6 is 11.8 Å². The zero-order valence-corrected chi connectivity index (χ0v) is 21.3. The van der Waals surface area contributed by atoms with Crippen molar-refractivity contribution in [3.05, 3.63) is 96.8 Å². The fourth-order valence-electron chi connectivity index (χ4n) is 4.37. The van der Waals surface area contributed by atoms with Gasteiger partial charge in [-0.15, -0.1) is 11.8 Å². The number of thioether (sulfide) groups is 1. The van der Waals surface area contributed by atoms with E-state index < -0.39 is 0 Å². The second kappa shape index (κ2) is 10.3. The number of rotatable bonds is 7. The summed E-state index contributed by atoms with van der Waals surface area (Å²) in [6, 6.07) is 26.5. The molecule has 5 heteroatoms. The maximum Gasteiger partial charge on any atom is 0.248 e. The third-order valence-corrected chi connectivity index (χ3v) is 6.87. The third kappa shape index (κ3) is 4.88. The van der Waals surface area contributed by atoms with E-state index in [1.54, 1.807) is 24.1 Å². The van der Waals surface area contributed by atoms with Gasteiger partial charge in [0.05, 0.1) is 12.9 Å². The molecular weight excluding hydrogens is 466 g/mol. The van der Waals surface area contributed by atoms with Gasteiger partial charge < -0.3 is 14.5 Å². The summed E-state index contributed by atoms with van der Waals surface area (Å²) in [4.78, 5) is 13.9. The average molecular weight is 494 g/mol. The average Bonchev–Trinajstić information content (AvgIpc) is 3.31. The van der Waals surface area contributed by atoms with E-state index in [2.05, 4.69) is 41.7 Å². The SMILES string of the molecule is CCOc1cc2occ(-c3ccc4ccccc4c3)c2cc1/C(C)=C/C(=O)Nc1cccc(SC)c1. The minimum absolute atomic E-state index is 0.185. The Hall–Kier alpha value is -3.96. The zero-order chi connectivity index (χ0) is 25.1. The van der Waals surface area contributed by atoms with Crippen LogP contribution in [0.25, 0.3) is 38.4 Å². The maximum atomic E-state index is 12.8. The van der Waals surface area contributed by atoms with Gasteiger partial charge in [-0.2, -0.15) is 0 Å². The van der Waals surface area contributed by atoms with Crippen LogP contribution in [-0.2, 0) is 4.79 Å². The molecule has 36 heavy (non-hydrogen) atoms. The Bertz CT molecular complexity index is 1600. The van der Waals surface area contributed by atoms with E-state index in [0.29, 0.717) is 12.4 Å². The summed E-state index contributed by atoms with van der Waals surface area (Å²) in [5.74, 6) is 0.505. The maximum absolute atomic E-state index is 12.8. The van der Waals surface area contributed by atoms with E-state index in [1.807, 2.05) is 62.6 Å². The van der Waals surface area contributed by atoms with Gasteiger partial charge in [-0.25, -0.2) is 0 Å². The molecule has 5 rings (SSSR count). The van der Waals surface area contributed by atoms with Gasteiger partial charge in [0.2, 0.25) is 5.91 Å². The molecule has 5 aromatic rings. The molecule has 0 unspecified atom stereocenters. The molecule has 0 saturated carbocycles. The van der Waals surface area contributed by atoms with Crippen LogP contribution in [0, 0.1) is 0 Å². The molecule has 0 saturated heterocycles. The molecule has 1 aromatic heterocycles. The van der Waals surface area contributed by atoms with Gasteiger partial charge in [0, 0.05) is 39.2 Å². The quantitative estimate of drug-likeness (QED) is 0.183. The van der Waals surface area contributed by atoms with Gasteiger partial charge in [-0.05, 0) is 72.3 Å². The first-order valence-electron chi connectivity index (χ1n) is 11.9.